The average Bonchev–Trinajstić information content (AvgIpc) is 2.84. The highest BCUT2D eigenvalue weighted by atomic mass is 16.3. The fourth-order valence-corrected chi connectivity index (χ4v) is 3.69. The first-order valence-corrected chi connectivity index (χ1v) is 13.8. The minimum Gasteiger partial charge on any atom is -0.394 e. The first kappa shape index (κ1) is 32.6. The van der Waals surface area contributed by atoms with E-state index >= 15 is 0 Å². The summed E-state index contributed by atoms with van der Waals surface area (Å²) in [6, 6.07) is -0.841. The maximum absolute atomic E-state index is 12.2. The second kappa shape index (κ2) is 24.7. The minimum atomic E-state index is -1.17. The number of rotatable bonds is 23. The molecule has 0 aromatic heterocycles. The van der Waals surface area contributed by atoms with Gasteiger partial charge >= 0.3 is 0 Å². The summed E-state index contributed by atoms with van der Waals surface area (Å²) in [5.74, 6) is -0.201. The lowest BCUT2D eigenvalue weighted by atomic mass is 10.0. The summed E-state index contributed by atoms with van der Waals surface area (Å²) in [5.41, 5.74) is 0. The summed E-state index contributed by atoms with van der Waals surface area (Å²) in [6.45, 7) is 4.01. The molecule has 0 saturated carbocycles. The zero-order valence-corrected chi connectivity index (χ0v) is 22.0. The van der Waals surface area contributed by atoms with Crippen LogP contribution in [0.1, 0.15) is 117 Å². The van der Waals surface area contributed by atoms with Crippen LogP contribution >= 0.6 is 0 Å². The molecule has 0 heterocycles. The summed E-state index contributed by atoms with van der Waals surface area (Å²) in [7, 11) is 0. The topological polar surface area (TPSA) is 89.8 Å². The number of hydrogen-bond acceptors (Lipinski definition) is 4. The third-order valence-electron chi connectivity index (χ3n) is 5.94. The van der Waals surface area contributed by atoms with E-state index in [9.17, 15) is 20.1 Å². The van der Waals surface area contributed by atoms with Gasteiger partial charge in [0, 0.05) is 6.42 Å². The Morgan fingerprint density at radius 1 is 0.706 bits per heavy atom. The second-order valence-corrected chi connectivity index (χ2v) is 9.22. The smallest absolute Gasteiger partial charge is 0.220 e. The highest BCUT2D eigenvalue weighted by molar-refractivity contribution is 5.76. The van der Waals surface area contributed by atoms with Crippen LogP contribution in [0.25, 0.3) is 0 Å². The molecule has 0 aromatic carbocycles. The van der Waals surface area contributed by atoms with E-state index in [1.54, 1.807) is 0 Å². The van der Waals surface area contributed by atoms with Gasteiger partial charge in [0.2, 0.25) is 5.91 Å². The van der Waals surface area contributed by atoms with Crippen LogP contribution in [0.3, 0.4) is 0 Å². The quantitative estimate of drug-likeness (QED) is 0.105. The van der Waals surface area contributed by atoms with Crippen LogP contribution in [-0.4, -0.2) is 46.1 Å². The number of unbranched alkanes of at least 4 members (excludes halogenated alkanes) is 9. The molecule has 0 aliphatic rings. The Hall–Kier alpha value is -1.43. The number of hydrogen-bond donors (Lipinski definition) is 4. The Labute approximate surface area is 209 Å². The first-order valence-electron chi connectivity index (χ1n) is 13.8. The first-order chi connectivity index (χ1) is 16.6. The summed E-state index contributed by atoms with van der Waals surface area (Å²) >= 11 is 0. The molecule has 0 aliphatic carbocycles. The highest BCUT2D eigenvalue weighted by Gasteiger charge is 2.26. The minimum absolute atomic E-state index is 0.201. The molecule has 198 valence electrons. The van der Waals surface area contributed by atoms with Crippen molar-refractivity contribution in [1.82, 2.24) is 5.32 Å². The van der Waals surface area contributed by atoms with Gasteiger partial charge in [-0.1, -0.05) is 82.4 Å². The molecule has 0 radical (unpaired) electrons. The molecule has 34 heavy (non-hydrogen) atoms. The standard InChI is InChI=1S/C29H53NO4/c1-3-5-7-9-11-13-14-16-17-19-21-23-27(32)29(34)26(25-31)30-28(33)24-22-20-18-15-12-10-8-6-4-2/h9,11,15-18,26-27,29,31-32,34H,3-8,10,12-14,19-25H2,1-2H3,(H,30,33)/b11-9+,17-16+,18-15-. The van der Waals surface area contributed by atoms with Gasteiger partial charge in [0.15, 0.2) is 0 Å². The fraction of sp³-hybridized carbons (Fsp3) is 0.759. The Morgan fingerprint density at radius 3 is 1.82 bits per heavy atom. The summed E-state index contributed by atoms with van der Waals surface area (Å²) in [4.78, 5) is 12.2. The van der Waals surface area contributed by atoms with Crippen LogP contribution < -0.4 is 5.32 Å². The van der Waals surface area contributed by atoms with Crippen LogP contribution in [0.5, 0.6) is 0 Å². The Morgan fingerprint density at radius 2 is 1.24 bits per heavy atom. The van der Waals surface area contributed by atoms with E-state index < -0.39 is 24.9 Å². The number of amides is 1. The molecule has 0 spiro atoms. The van der Waals surface area contributed by atoms with Crippen molar-refractivity contribution in [2.24, 2.45) is 0 Å². The van der Waals surface area contributed by atoms with E-state index in [-0.39, 0.29) is 5.91 Å². The maximum atomic E-state index is 12.2. The number of aliphatic hydroxyl groups excluding tert-OH is 3. The van der Waals surface area contributed by atoms with Crippen LogP contribution in [-0.2, 0) is 4.79 Å². The zero-order valence-electron chi connectivity index (χ0n) is 22.0. The van der Waals surface area contributed by atoms with Gasteiger partial charge in [-0.2, -0.15) is 0 Å². The molecular formula is C29H53NO4. The lowest BCUT2D eigenvalue weighted by Gasteiger charge is -2.26. The van der Waals surface area contributed by atoms with Gasteiger partial charge in [0.05, 0.1) is 18.8 Å². The predicted molar refractivity (Wildman–Crippen MR) is 144 cm³/mol. The lowest BCUT2D eigenvalue weighted by molar-refractivity contribution is -0.124. The van der Waals surface area contributed by atoms with Crippen molar-refractivity contribution in [1.29, 1.82) is 0 Å². The average molecular weight is 480 g/mol. The van der Waals surface area contributed by atoms with E-state index in [1.807, 2.05) is 0 Å². The van der Waals surface area contributed by atoms with E-state index in [0.717, 1.165) is 51.4 Å². The van der Waals surface area contributed by atoms with Crippen LogP contribution in [0.2, 0.25) is 0 Å². The van der Waals surface area contributed by atoms with Gasteiger partial charge in [0.25, 0.3) is 0 Å². The van der Waals surface area contributed by atoms with Gasteiger partial charge in [-0.3, -0.25) is 4.79 Å². The molecule has 0 rings (SSSR count). The van der Waals surface area contributed by atoms with Crippen LogP contribution in [0.15, 0.2) is 36.5 Å². The molecular weight excluding hydrogens is 426 g/mol. The van der Waals surface area contributed by atoms with Crippen molar-refractivity contribution in [3.05, 3.63) is 36.5 Å². The van der Waals surface area contributed by atoms with Crippen LogP contribution in [0.4, 0.5) is 0 Å². The number of aliphatic hydroxyl groups is 3. The largest absolute Gasteiger partial charge is 0.394 e. The summed E-state index contributed by atoms with van der Waals surface area (Å²) in [6.07, 6.45) is 26.7. The number of nitrogens with one attached hydrogen (secondary N) is 1. The maximum Gasteiger partial charge on any atom is 0.220 e. The monoisotopic (exact) mass is 479 g/mol. The van der Waals surface area contributed by atoms with Gasteiger partial charge in [0.1, 0.15) is 6.10 Å². The Bertz CT molecular complexity index is 544. The van der Waals surface area contributed by atoms with Crippen molar-refractivity contribution < 1.29 is 20.1 Å². The van der Waals surface area contributed by atoms with Crippen molar-refractivity contribution >= 4 is 5.91 Å². The normalized spacial score (nSPS) is 14.9. The van der Waals surface area contributed by atoms with Crippen molar-refractivity contribution in [2.75, 3.05) is 6.61 Å². The molecule has 0 saturated heterocycles. The van der Waals surface area contributed by atoms with Gasteiger partial charge in [-0.25, -0.2) is 0 Å². The second-order valence-electron chi connectivity index (χ2n) is 9.22. The molecule has 5 heteroatoms. The molecule has 3 unspecified atom stereocenters. The zero-order chi connectivity index (χ0) is 25.3. The summed E-state index contributed by atoms with van der Waals surface area (Å²) in [5, 5.41) is 32.9. The van der Waals surface area contributed by atoms with E-state index in [2.05, 4.69) is 55.6 Å². The fourth-order valence-electron chi connectivity index (χ4n) is 3.69. The van der Waals surface area contributed by atoms with Gasteiger partial charge in [-0.15, -0.1) is 0 Å². The Kier molecular flexibility index (Phi) is 23.6. The molecule has 0 aromatic rings. The van der Waals surface area contributed by atoms with Crippen LogP contribution in [0, 0.1) is 0 Å². The predicted octanol–water partition coefficient (Wildman–Crippen LogP) is 6.14. The molecule has 0 fully saturated rings. The molecule has 3 atom stereocenters. The van der Waals surface area contributed by atoms with Crippen molar-refractivity contribution in [2.45, 2.75) is 135 Å². The highest BCUT2D eigenvalue weighted by Crippen LogP contribution is 2.10. The number of carbonyl (C=O) groups is 1. The SMILES string of the molecule is CCCC/C=C/CC/C=C/CCCC(O)C(O)C(CO)NC(=O)CCC/C=C\CCCCCC. The van der Waals surface area contributed by atoms with E-state index in [0.29, 0.717) is 12.8 Å². The molecule has 0 aliphatic heterocycles. The lowest BCUT2D eigenvalue weighted by Crippen LogP contribution is -2.50. The Balaban J connectivity index is 3.97. The van der Waals surface area contributed by atoms with Gasteiger partial charge in [-0.05, 0) is 64.2 Å². The number of carbonyl (C=O) groups excluding carboxylic acids is 1. The van der Waals surface area contributed by atoms with E-state index in [1.165, 1.54) is 38.5 Å². The third-order valence-corrected chi connectivity index (χ3v) is 5.94. The molecule has 4 N–H and O–H groups in total. The van der Waals surface area contributed by atoms with E-state index in [4.69, 9.17) is 0 Å². The summed E-state index contributed by atoms with van der Waals surface area (Å²) < 4.78 is 0. The molecule has 5 nitrogen and oxygen atoms in total. The van der Waals surface area contributed by atoms with Crippen molar-refractivity contribution in [3.63, 3.8) is 0 Å². The van der Waals surface area contributed by atoms with Gasteiger partial charge < -0.3 is 20.6 Å². The van der Waals surface area contributed by atoms with Crippen molar-refractivity contribution in [3.8, 4) is 0 Å². The number of allylic oxidation sites excluding steroid dienone is 6. The third kappa shape index (κ3) is 20.0. The molecule has 1 amide bonds. The molecule has 0 bridgehead atoms.